The number of carbonyl (C=O) groups is 1. The van der Waals surface area contributed by atoms with E-state index in [4.69, 9.17) is 16.6 Å². The number of nitrogens with one attached hydrogen (secondary N) is 2. The van der Waals surface area contributed by atoms with Crippen molar-refractivity contribution in [3.05, 3.63) is 76.1 Å². The van der Waals surface area contributed by atoms with Gasteiger partial charge in [-0.2, -0.15) is 0 Å². The molecule has 3 rings (SSSR count). The molecule has 0 radical (unpaired) electrons. The molecule has 1 amide bonds. The summed E-state index contributed by atoms with van der Waals surface area (Å²) in [6.07, 6.45) is 0. The number of benzene rings is 2. The van der Waals surface area contributed by atoms with Crippen molar-refractivity contribution < 1.29 is 9.21 Å². The van der Waals surface area contributed by atoms with Gasteiger partial charge < -0.3 is 9.73 Å². The van der Waals surface area contributed by atoms with E-state index in [1.54, 1.807) is 36.4 Å². The summed E-state index contributed by atoms with van der Waals surface area (Å²) in [5.74, 6) is -0.266. The summed E-state index contributed by atoms with van der Waals surface area (Å²) < 4.78 is 5.07. The van der Waals surface area contributed by atoms with Crippen LogP contribution in [0.1, 0.15) is 15.9 Å². The molecule has 0 aliphatic heterocycles. The summed E-state index contributed by atoms with van der Waals surface area (Å²) in [5.41, 5.74) is 2.22. The summed E-state index contributed by atoms with van der Waals surface area (Å²) in [4.78, 5) is 23.4. The highest BCUT2D eigenvalue weighted by Gasteiger charge is 2.10. The second kappa shape index (κ2) is 6.64. The number of rotatable bonds is 2. The van der Waals surface area contributed by atoms with Gasteiger partial charge in [0.25, 0.3) is 5.91 Å². The van der Waals surface area contributed by atoms with Gasteiger partial charge in [-0.05, 0) is 55.0 Å². The molecular weight excluding hydrogens is 324 g/mol. The number of hydrogen-bond acceptors (Lipinski definition) is 4. The topological polar surface area (TPSA) is 71.3 Å². The van der Waals surface area contributed by atoms with Crippen LogP contribution in [0.25, 0.3) is 11.0 Å². The maximum atomic E-state index is 12.2. The zero-order valence-corrected chi connectivity index (χ0v) is 13.6. The highest BCUT2D eigenvalue weighted by atomic mass is 32.1. The maximum absolute atomic E-state index is 12.2. The van der Waals surface area contributed by atoms with Crippen molar-refractivity contribution in [2.75, 3.05) is 5.32 Å². The van der Waals surface area contributed by atoms with Crippen molar-refractivity contribution in [1.82, 2.24) is 5.32 Å². The Morgan fingerprint density at radius 1 is 1.08 bits per heavy atom. The zero-order chi connectivity index (χ0) is 17.1. The third kappa shape index (κ3) is 3.49. The SMILES string of the molecule is Cc1ccccc1C(=O)NC(=S)Nc1ccc2oc(=O)ccc2c1. The summed E-state index contributed by atoms with van der Waals surface area (Å²) >= 11 is 5.18. The van der Waals surface area contributed by atoms with Crippen molar-refractivity contribution in [3.8, 4) is 0 Å². The van der Waals surface area contributed by atoms with Gasteiger partial charge >= 0.3 is 5.63 Å². The van der Waals surface area contributed by atoms with Gasteiger partial charge in [0.1, 0.15) is 5.58 Å². The largest absolute Gasteiger partial charge is 0.423 e. The molecule has 1 aromatic heterocycles. The van der Waals surface area contributed by atoms with E-state index >= 15 is 0 Å². The third-order valence-corrected chi connectivity index (χ3v) is 3.70. The Morgan fingerprint density at radius 3 is 2.67 bits per heavy atom. The Morgan fingerprint density at radius 2 is 1.88 bits per heavy atom. The van der Waals surface area contributed by atoms with Crippen LogP contribution in [0.3, 0.4) is 0 Å². The van der Waals surface area contributed by atoms with Gasteiger partial charge in [0.05, 0.1) is 0 Å². The number of anilines is 1. The van der Waals surface area contributed by atoms with Gasteiger partial charge in [0.15, 0.2) is 5.11 Å². The molecule has 0 aliphatic carbocycles. The molecule has 0 saturated carbocycles. The highest BCUT2D eigenvalue weighted by Crippen LogP contribution is 2.17. The fourth-order valence-electron chi connectivity index (χ4n) is 2.31. The molecular formula is C18H14N2O3S. The van der Waals surface area contributed by atoms with E-state index in [2.05, 4.69) is 10.6 Å². The lowest BCUT2D eigenvalue weighted by Gasteiger charge is -2.11. The number of aryl methyl sites for hydroxylation is 1. The first-order valence-corrected chi connectivity index (χ1v) is 7.65. The quantitative estimate of drug-likeness (QED) is 0.554. The molecule has 0 atom stereocenters. The van der Waals surface area contributed by atoms with Crippen LogP contribution in [0.15, 0.2) is 63.8 Å². The van der Waals surface area contributed by atoms with Crippen LogP contribution >= 0.6 is 12.2 Å². The maximum Gasteiger partial charge on any atom is 0.336 e. The van der Waals surface area contributed by atoms with Crippen molar-refractivity contribution in [3.63, 3.8) is 0 Å². The molecule has 6 heteroatoms. The van der Waals surface area contributed by atoms with Crippen molar-refractivity contribution >= 4 is 39.9 Å². The first kappa shape index (κ1) is 15.9. The standard InChI is InChI=1S/C18H14N2O3S/c1-11-4-2-3-5-14(11)17(22)20-18(24)19-13-7-8-15-12(10-13)6-9-16(21)23-15/h2-10H,1H3,(H2,19,20,22,24). The van der Waals surface area contributed by atoms with Crippen molar-refractivity contribution in [2.24, 2.45) is 0 Å². The lowest BCUT2D eigenvalue weighted by atomic mass is 10.1. The smallest absolute Gasteiger partial charge is 0.336 e. The fourth-order valence-corrected chi connectivity index (χ4v) is 2.52. The van der Waals surface area contributed by atoms with Crippen molar-refractivity contribution in [1.29, 1.82) is 0 Å². The van der Waals surface area contributed by atoms with Gasteiger partial charge in [-0.15, -0.1) is 0 Å². The molecule has 0 unspecified atom stereocenters. The molecule has 3 aromatic rings. The minimum Gasteiger partial charge on any atom is -0.423 e. The molecule has 0 aliphatic rings. The average molecular weight is 338 g/mol. The number of amides is 1. The second-order valence-electron chi connectivity index (χ2n) is 5.23. The molecule has 1 heterocycles. The van der Waals surface area contributed by atoms with Crippen LogP contribution < -0.4 is 16.3 Å². The third-order valence-electron chi connectivity index (χ3n) is 3.49. The number of thiocarbonyl (C=S) groups is 1. The first-order valence-electron chi connectivity index (χ1n) is 7.25. The number of carbonyl (C=O) groups excluding carboxylic acids is 1. The molecule has 2 aromatic carbocycles. The molecule has 0 bridgehead atoms. The Labute approximate surface area is 143 Å². The molecule has 5 nitrogen and oxygen atoms in total. The van der Waals surface area contributed by atoms with E-state index in [1.807, 2.05) is 19.1 Å². The minimum atomic E-state index is -0.399. The van der Waals surface area contributed by atoms with Gasteiger partial charge in [-0.3, -0.25) is 10.1 Å². The summed E-state index contributed by atoms with van der Waals surface area (Å²) in [7, 11) is 0. The van der Waals surface area contributed by atoms with E-state index in [9.17, 15) is 9.59 Å². The molecule has 2 N–H and O–H groups in total. The predicted octanol–water partition coefficient (Wildman–Crippen LogP) is 3.23. The van der Waals surface area contributed by atoms with E-state index < -0.39 is 5.63 Å². The van der Waals surface area contributed by atoms with Crippen LogP contribution in [0.4, 0.5) is 5.69 Å². The van der Waals surface area contributed by atoms with Crippen LogP contribution in [-0.4, -0.2) is 11.0 Å². The van der Waals surface area contributed by atoms with Crippen LogP contribution in [0, 0.1) is 6.92 Å². The number of fused-ring (bicyclic) bond motifs is 1. The zero-order valence-electron chi connectivity index (χ0n) is 12.8. The average Bonchev–Trinajstić information content (AvgIpc) is 2.55. The van der Waals surface area contributed by atoms with Crippen LogP contribution in [0.5, 0.6) is 0 Å². The van der Waals surface area contributed by atoms with E-state index in [1.165, 1.54) is 6.07 Å². The van der Waals surface area contributed by atoms with E-state index in [0.717, 1.165) is 10.9 Å². The Hall–Kier alpha value is -2.99. The Balaban J connectivity index is 1.73. The summed E-state index contributed by atoms with van der Waals surface area (Å²) in [6.45, 7) is 1.86. The second-order valence-corrected chi connectivity index (χ2v) is 5.64. The Kier molecular flexibility index (Phi) is 4.39. The lowest BCUT2D eigenvalue weighted by molar-refractivity contribution is 0.0977. The predicted molar refractivity (Wildman–Crippen MR) is 97.3 cm³/mol. The van der Waals surface area contributed by atoms with E-state index in [-0.39, 0.29) is 11.0 Å². The molecule has 0 spiro atoms. The molecule has 0 fully saturated rings. The highest BCUT2D eigenvalue weighted by molar-refractivity contribution is 7.80. The van der Waals surface area contributed by atoms with E-state index in [0.29, 0.717) is 16.8 Å². The summed E-state index contributed by atoms with van der Waals surface area (Å²) in [6, 6.07) is 15.5. The molecule has 120 valence electrons. The first-order chi connectivity index (χ1) is 11.5. The monoisotopic (exact) mass is 338 g/mol. The van der Waals surface area contributed by atoms with Crippen LogP contribution in [0.2, 0.25) is 0 Å². The normalized spacial score (nSPS) is 10.4. The van der Waals surface area contributed by atoms with Gasteiger partial charge in [-0.25, -0.2) is 4.79 Å². The Bertz CT molecular complexity index is 995. The van der Waals surface area contributed by atoms with Gasteiger partial charge in [0, 0.05) is 22.7 Å². The fraction of sp³-hybridized carbons (Fsp3) is 0.0556. The minimum absolute atomic E-state index is 0.194. The van der Waals surface area contributed by atoms with Gasteiger partial charge in [0.2, 0.25) is 0 Å². The molecule has 0 saturated heterocycles. The number of hydrogen-bond donors (Lipinski definition) is 2. The lowest BCUT2D eigenvalue weighted by Crippen LogP contribution is -2.34. The van der Waals surface area contributed by atoms with Crippen molar-refractivity contribution in [2.45, 2.75) is 6.92 Å². The van der Waals surface area contributed by atoms with Crippen LogP contribution in [-0.2, 0) is 0 Å². The van der Waals surface area contributed by atoms with Gasteiger partial charge in [-0.1, -0.05) is 18.2 Å². The molecule has 24 heavy (non-hydrogen) atoms. The summed E-state index contributed by atoms with van der Waals surface area (Å²) in [5, 5.41) is 6.55.